The van der Waals surface area contributed by atoms with E-state index in [-0.39, 0.29) is 0 Å². The maximum atomic E-state index is 6.99. The van der Waals surface area contributed by atoms with Gasteiger partial charge in [-0.1, -0.05) is 37.3 Å². The van der Waals surface area contributed by atoms with Gasteiger partial charge in [0.2, 0.25) is 0 Å². The molecule has 1 aromatic rings. The predicted molar refractivity (Wildman–Crippen MR) is 57.3 cm³/mol. The van der Waals surface area contributed by atoms with Gasteiger partial charge in [-0.3, -0.25) is 0 Å². The number of nitrogens with one attached hydrogen (secondary N) is 1. The Morgan fingerprint density at radius 1 is 1.31 bits per heavy atom. The van der Waals surface area contributed by atoms with Crippen LogP contribution in [0.3, 0.4) is 0 Å². The van der Waals surface area contributed by atoms with Crippen molar-refractivity contribution in [3.05, 3.63) is 35.9 Å². The summed E-state index contributed by atoms with van der Waals surface area (Å²) in [4.78, 5) is 0. The lowest BCUT2D eigenvalue weighted by Gasteiger charge is -2.07. The van der Waals surface area contributed by atoms with Crippen molar-refractivity contribution in [3.8, 4) is 0 Å². The highest BCUT2D eigenvalue weighted by molar-refractivity contribution is 5.53. The fourth-order valence-corrected chi connectivity index (χ4v) is 1.38. The average Bonchev–Trinajstić information content (AvgIpc) is 2.17. The molecule has 1 rings (SSSR count). The summed E-state index contributed by atoms with van der Waals surface area (Å²) in [6.45, 7) is 2.20. The van der Waals surface area contributed by atoms with E-state index in [1.807, 2.05) is 6.07 Å². The molecule has 1 aromatic carbocycles. The van der Waals surface area contributed by atoms with Crippen molar-refractivity contribution in [2.75, 3.05) is 0 Å². The molecule has 0 aliphatic carbocycles. The Morgan fingerprint density at radius 2 is 2.00 bits per heavy atom. The van der Waals surface area contributed by atoms with Crippen LogP contribution >= 0.6 is 0 Å². The summed E-state index contributed by atoms with van der Waals surface area (Å²) < 4.78 is 0. The molecule has 0 saturated carbocycles. The number of rotatable bonds is 5. The van der Waals surface area contributed by atoms with Crippen LogP contribution in [0.4, 0.5) is 0 Å². The summed E-state index contributed by atoms with van der Waals surface area (Å²) in [5.74, 6) is 0.637. The van der Waals surface area contributed by atoms with E-state index in [0.717, 1.165) is 12.8 Å². The van der Waals surface area contributed by atoms with E-state index in [2.05, 4.69) is 31.2 Å². The molecule has 1 heteroatoms. The fourth-order valence-electron chi connectivity index (χ4n) is 1.38. The van der Waals surface area contributed by atoms with Crippen molar-refractivity contribution in [2.24, 2.45) is 5.92 Å². The Kier molecular flexibility index (Phi) is 4.24. The molecule has 1 unspecified atom stereocenters. The summed E-state index contributed by atoms with van der Waals surface area (Å²) in [5, 5.41) is 6.99. The zero-order valence-electron chi connectivity index (χ0n) is 8.16. The van der Waals surface area contributed by atoms with Crippen molar-refractivity contribution >= 4 is 6.21 Å². The van der Waals surface area contributed by atoms with Gasteiger partial charge in [-0.2, -0.15) is 0 Å². The van der Waals surface area contributed by atoms with Gasteiger partial charge < -0.3 is 5.41 Å². The fraction of sp³-hybridized carbons (Fsp3) is 0.417. The second kappa shape index (κ2) is 5.52. The average molecular weight is 175 g/mol. The van der Waals surface area contributed by atoms with Gasteiger partial charge in [-0.25, -0.2) is 0 Å². The van der Waals surface area contributed by atoms with E-state index in [4.69, 9.17) is 5.41 Å². The van der Waals surface area contributed by atoms with Gasteiger partial charge in [0.05, 0.1) is 0 Å². The molecule has 0 aromatic heterocycles. The zero-order valence-corrected chi connectivity index (χ0v) is 8.16. The molecule has 0 saturated heterocycles. The van der Waals surface area contributed by atoms with Gasteiger partial charge in [0.1, 0.15) is 0 Å². The van der Waals surface area contributed by atoms with Gasteiger partial charge in [0, 0.05) is 0 Å². The van der Waals surface area contributed by atoms with E-state index in [9.17, 15) is 0 Å². The molecule has 70 valence electrons. The number of hydrogen-bond donors (Lipinski definition) is 1. The highest BCUT2D eigenvalue weighted by atomic mass is 14.3. The smallest absolute Gasteiger partial charge is 0.00451 e. The molecule has 13 heavy (non-hydrogen) atoms. The highest BCUT2D eigenvalue weighted by Gasteiger charge is 1.99. The van der Waals surface area contributed by atoms with E-state index < -0.39 is 0 Å². The summed E-state index contributed by atoms with van der Waals surface area (Å²) in [5.41, 5.74) is 1.40. The van der Waals surface area contributed by atoms with Gasteiger partial charge >= 0.3 is 0 Å². The molecule has 0 fully saturated rings. The first-order valence-electron chi connectivity index (χ1n) is 4.86. The molecular formula is C12H17N. The maximum absolute atomic E-state index is 6.99. The molecule has 0 heterocycles. The van der Waals surface area contributed by atoms with Gasteiger partial charge in [-0.15, -0.1) is 0 Å². The quantitative estimate of drug-likeness (QED) is 0.664. The van der Waals surface area contributed by atoms with Crippen molar-refractivity contribution in [1.29, 1.82) is 5.41 Å². The third kappa shape index (κ3) is 3.88. The van der Waals surface area contributed by atoms with Gasteiger partial charge in [-0.05, 0) is 37.0 Å². The van der Waals surface area contributed by atoms with Crippen LogP contribution in [-0.2, 0) is 6.42 Å². The van der Waals surface area contributed by atoms with Gasteiger partial charge in [0.15, 0.2) is 0 Å². The molecule has 0 radical (unpaired) electrons. The molecule has 0 amide bonds. The largest absolute Gasteiger partial charge is 0.313 e. The van der Waals surface area contributed by atoms with Crippen LogP contribution in [0.5, 0.6) is 0 Å². The molecule has 1 nitrogen and oxygen atoms in total. The highest BCUT2D eigenvalue weighted by Crippen LogP contribution is 2.11. The Labute approximate surface area is 80.3 Å². The van der Waals surface area contributed by atoms with Crippen LogP contribution in [-0.4, -0.2) is 6.21 Å². The first-order chi connectivity index (χ1) is 6.33. The minimum absolute atomic E-state index is 0.637. The normalized spacial score (nSPS) is 12.4. The SMILES string of the molecule is CC(CC=N)CCc1ccccc1. The third-order valence-corrected chi connectivity index (χ3v) is 2.29. The molecule has 0 spiro atoms. The monoisotopic (exact) mass is 175 g/mol. The Bertz CT molecular complexity index is 241. The van der Waals surface area contributed by atoms with Crippen molar-refractivity contribution < 1.29 is 0 Å². The molecule has 1 N–H and O–H groups in total. The molecule has 1 atom stereocenters. The lowest BCUT2D eigenvalue weighted by molar-refractivity contribution is 0.557. The van der Waals surface area contributed by atoms with Crippen LogP contribution in [0.25, 0.3) is 0 Å². The van der Waals surface area contributed by atoms with E-state index in [1.165, 1.54) is 18.2 Å². The Balaban J connectivity index is 2.30. The van der Waals surface area contributed by atoms with Crippen LogP contribution < -0.4 is 0 Å². The van der Waals surface area contributed by atoms with E-state index >= 15 is 0 Å². The van der Waals surface area contributed by atoms with Crippen LogP contribution in [0.1, 0.15) is 25.3 Å². The minimum atomic E-state index is 0.637. The molecule has 0 bridgehead atoms. The lowest BCUT2D eigenvalue weighted by Crippen LogP contribution is -1.97. The summed E-state index contributed by atoms with van der Waals surface area (Å²) in [6, 6.07) is 10.5. The van der Waals surface area contributed by atoms with Crippen molar-refractivity contribution in [1.82, 2.24) is 0 Å². The standard InChI is InChI=1S/C12H17N/c1-11(9-10-13)7-8-12-5-3-2-4-6-12/h2-6,10-11,13H,7-9H2,1H3. The lowest BCUT2D eigenvalue weighted by atomic mass is 9.99. The number of hydrogen-bond acceptors (Lipinski definition) is 1. The molecular weight excluding hydrogens is 158 g/mol. The topological polar surface area (TPSA) is 23.9 Å². The van der Waals surface area contributed by atoms with Crippen LogP contribution in [0.2, 0.25) is 0 Å². The van der Waals surface area contributed by atoms with Gasteiger partial charge in [0.25, 0.3) is 0 Å². The molecule has 0 aliphatic heterocycles. The maximum Gasteiger partial charge on any atom is -0.00451 e. The summed E-state index contributed by atoms with van der Waals surface area (Å²) in [7, 11) is 0. The van der Waals surface area contributed by atoms with Crippen molar-refractivity contribution in [3.63, 3.8) is 0 Å². The third-order valence-electron chi connectivity index (χ3n) is 2.29. The summed E-state index contributed by atoms with van der Waals surface area (Å²) in [6.07, 6.45) is 4.73. The van der Waals surface area contributed by atoms with Crippen molar-refractivity contribution in [2.45, 2.75) is 26.2 Å². The number of benzene rings is 1. The first-order valence-corrected chi connectivity index (χ1v) is 4.86. The first kappa shape index (κ1) is 9.97. The van der Waals surface area contributed by atoms with E-state index in [0.29, 0.717) is 5.92 Å². The van der Waals surface area contributed by atoms with Crippen LogP contribution in [0.15, 0.2) is 30.3 Å². The second-order valence-corrected chi connectivity index (χ2v) is 3.57. The second-order valence-electron chi connectivity index (χ2n) is 3.57. The summed E-state index contributed by atoms with van der Waals surface area (Å²) >= 11 is 0. The molecule has 0 aliphatic rings. The Morgan fingerprint density at radius 3 is 2.62 bits per heavy atom. The number of aryl methyl sites for hydroxylation is 1. The Hall–Kier alpha value is -1.11. The predicted octanol–water partition coefficient (Wildman–Crippen LogP) is 3.29. The zero-order chi connectivity index (χ0) is 9.52. The van der Waals surface area contributed by atoms with Crippen LogP contribution in [0, 0.1) is 11.3 Å². The minimum Gasteiger partial charge on any atom is -0.313 e. The van der Waals surface area contributed by atoms with E-state index in [1.54, 1.807) is 0 Å².